The number of allylic oxidation sites excluding steroid dienone is 4. The molecule has 0 spiro atoms. The molecule has 0 nitrogen and oxygen atoms in total. The van der Waals surface area contributed by atoms with Crippen LogP contribution in [0.25, 0.3) is 11.1 Å². The summed E-state index contributed by atoms with van der Waals surface area (Å²) in [6.45, 7) is 27.9. The van der Waals surface area contributed by atoms with E-state index in [4.69, 9.17) is 40.2 Å². The van der Waals surface area contributed by atoms with Crippen LogP contribution in [0.2, 0.25) is 13.7 Å². The summed E-state index contributed by atoms with van der Waals surface area (Å²) in [6, 6.07) is 26.1. The molecule has 0 aromatic heterocycles. The molecule has 0 aliphatic heterocycles. The first kappa shape index (κ1) is 40.0. The molecular weight excluding hydrogens is 798 g/mol. The van der Waals surface area contributed by atoms with Crippen LogP contribution in [0.15, 0.2) is 97.1 Å². The Balaban J connectivity index is 1.94. The van der Waals surface area contributed by atoms with Crippen molar-refractivity contribution in [3.8, 4) is 11.1 Å². The molecule has 6 rings (SSSR count). The Morgan fingerprint density at radius 2 is 0.846 bits per heavy atom. The average Bonchev–Trinajstić information content (AvgIpc) is 3.66. The summed E-state index contributed by atoms with van der Waals surface area (Å²) >= 11 is 7.95. The van der Waals surface area contributed by atoms with Crippen LogP contribution in [0.3, 0.4) is 0 Å². The van der Waals surface area contributed by atoms with Gasteiger partial charge in [-0.1, -0.05) is 0 Å². The summed E-state index contributed by atoms with van der Waals surface area (Å²) in [5.74, 6) is 0. The van der Waals surface area contributed by atoms with Gasteiger partial charge in [-0.3, -0.25) is 0 Å². The molecule has 0 atom stereocenters. The predicted octanol–water partition coefficient (Wildman–Crippen LogP) is 15.4. The van der Waals surface area contributed by atoms with Gasteiger partial charge in [-0.15, -0.1) is 0 Å². The maximum atomic E-state index is 8.94. The molecule has 0 amide bonds. The molecule has 0 radical (unpaired) electrons. The molecule has 0 heterocycles. The topological polar surface area (TPSA) is 0 Å². The van der Waals surface area contributed by atoms with Crippen LogP contribution in [0.1, 0.15) is 131 Å². The van der Waals surface area contributed by atoms with Crippen molar-refractivity contribution in [2.75, 3.05) is 0 Å². The van der Waals surface area contributed by atoms with Crippen LogP contribution in [-0.2, 0) is 37.6 Å². The van der Waals surface area contributed by atoms with Gasteiger partial charge in [-0.25, -0.2) is 0 Å². The molecular formula is C47H54Cl4Zr. The normalized spacial score (nSPS) is 15.7. The van der Waals surface area contributed by atoms with Crippen molar-refractivity contribution >= 4 is 43.4 Å². The van der Waals surface area contributed by atoms with Gasteiger partial charge >= 0.3 is 334 Å². The van der Waals surface area contributed by atoms with Crippen LogP contribution in [0.4, 0.5) is 0 Å². The summed E-state index contributed by atoms with van der Waals surface area (Å²) in [5.41, 5.74) is 11.8. The monoisotopic (exact) mass is 848 g/mol. The molecule has 4 aromatic carbocycles. The second-order valence-corrected chi connectivity index (χ2v) is 40.9. The van der Waals surface area contributed by atoms with E-state index in [0.29, 0.717) is 10.0 Å². The molecule has 2 aliphatic rings. The summed E-state index contributed by atoms with van der Waals surface area (Å²) in [4.78, 5) is 0. The first-order chi connectivity index (χ1) is 23.8. The van der Waals surface area contributed by atoms with Gasteiger partial charge in [0.2, 0.25) is 0 Å². The van der Waals surface area contributed by atoms with Gasteiger partial charge in [0.15, 0.2) is 0 Å². The third-order valence-electron chi connectivity index (χ3n) is 11.1. The van der Waals surface area contributed by atoms with Crippen LogP contribution in [0, 0.1) is 0 Å². The average molecular weight is 852 g/mol. The van der Waals surface area contributed by atoms with Gasteiger partial charge in [0, 0.05) is 0 Å². The summed E-state index contributed by atoms with van der Waals surface area (Å²) in [5, 5.41) is 1.28. The zero-order valence-corrected chi connectivity index (χ0v) is 38.4. The van der Waals surface area contributed by atoms with Gasteiger partial charge in [0.1, 0.15) is 0 Å². The molecule has 4 aromatic rings. The number of fused-ring (bicyclic) bond motifs is 3. The minimum atomic E-state index is -5.68. The predicted molar refractivity (Wildman–Crippen MR) is 228 cm³/mol. The molecule has 0 unspecified atom stereocenters. The molecule has 0 saturated carbocycles. The number of rotatable bonds is 4. The van der Waals surface area contributed by atoms with E-state index in [9.17, 15) is 0 Å². The molecule has 2 aliphatic carbocycles. The van der Waals surface area contributed by atoms with E-state index < -0.39 is 15.9 Å². The fourth-order valence-electron chi connectivity index (χ4n) is 8.69. The van der Waals surface area contributed by atoms with Crippen molar-refractivity contribution in [3.63, 3.8) is 0 Å². The summed E-state index contributed by atoms with van der Waals surface area (Å²) < 4.78 is 0.516. The van der Waals surface area contributed by atoms with Crippen LogP contribution >= 0.6 is 40.2 Å². The quantitative estimate of drug-likeness (QED) is 0.192. The second-order valence-electron chi connectivity index (χ2n) is 19.2. The van der Waals surface area contributed by atoms with E-state index in [2.05, 4.69) is 144 Å². The number of halogens is 4. The molecule has 52 heavy (non-hydrogen) atoms. The van der Waals surface area contributed by atoms with Gasteiger partial charge in [-0.2, -0.15) is 0 Å². The fourth-order valence-corrected chi connectivity index (χ4v) is 28.4. The maximum absolute atomic E-state index is 8.94. The van der Waals surface area contributed by atoms with Crippen LogP contribution in [-0.4, -0.2) is 3.21 Å². The van der Waals surface area contributed by atoms with E-state index in [-0.39, 0.29) is 28.9 Å². The molecule has 0 bridgehead atoms. The molecule has 0 fully saturated rings. The van der Waals surface area contributed by atoms with Crippen molar-refractivity contribution in [2.45, 2.75) is 112 Å². The Morgan fingerprint density at radius 3 is 1.17 bits per heavy atom. The second kappa shape index (κ2) is 13.2. The Labute approximate surface area is 331 Å². The first-order valence-electron chi connectivity index (χ1n) is 18.5. The zero-order valence-electron chi connectivity index (χ0n) is 32.9. The third kappa shape index (κ3) is 6.87. The summed E-state index contributed by atoms with van der Waals surface area (Å²) in [6.07, 6.45) is 8.69. The van der Waals surface area contributed by atoms with Gasteiger partial charge < -0.3 is 0 Å². The molecule has 5 heteroatoms. The molecule has 274 valence electrons. The number of hydrogen-bond donors (Lipinski definition) is 0. The van der Waals surface area contributed by atoms with Crippen molar-refractivity contribution < 1.29 is 15.9 Å². The standard InChI is InChI=1S/C29H41.C13H8Cl2.C5H5.2ClH.Zr/c1-26(2,3)22-14-18-13-19-15-23(27(4,5)6)25(29(10,11)12)17-21(19)20(18)16-24(22)28(7,8)9;14-12-5-1-3-10(8-12)7-11-4-2-6-13(15)9-11;1-2-4-5-3-1;;;/h13-17H,1-12H3;1-6,8-9H;1-5H;2*1H;/q;;;;;+2/p-2. The minimum absolute atomic E-state index is 0.0795. The van der Waals surface area contributed by atoms with Crippen molar-refractivity contribution in [1.82, 2.24) is 0 Å². The van der Waals surface area contributed by atoms with Gasteiger partial charge in [0.25, 0.3) is 0 Å². The van der Waals surface area contributed by atoms with E-state index >= 15 is 0 Å². The third-order valence-corrected chi connectivity index (χ3v) is 31.2. The van der Waals surface area contributed by atoms with Crippen molar-refractivity contribution in [1.29, 1.82) is 0 Å². The zero-order chi connectivity index (χ0) is 38.4. The molecule has 0 saturated heterocycles. The Kier molecular flexibility index (Phi) is 10.1. The number of benzene rings is 4. The fraction of sp³-hybridized carbons (Fsp3) is 0.383. The Hall–Kier alpha value is -1.73. The van der Waals surface area contributed by atoms with Crippen LogP contribution < -0.4 is 0 Å². The van der Waals surface area contributed by atoms with Crippen molar-refractivity contribution in [3.05, 3.63) is 152 Å². The number of hydrogen-bond acceptors (Lipinski definition) is 0. The van der Waals surface area contributed by atoms with E-state index in [0.717, 1.165) is 14.3 Å². The van der Waals surface area contributed by atoms with E-state index in [1.165, 1.54) is 44.5 Å². The SMILES string of the molecule is CC(C)(C)c1cc2c(cc1C(C)(C)C)[CH]([Zr]([Cl])([Cl])(=[C](c1cccc(Cl)c1)c1cccc(Cl)c1)[CH]1C=CC=C1)c1cc(C(C)(C)C)c(C(C)(C)C)cc1-2. The first-order valence-corrected chi connectivity index (χ1v) is 29.7. The van der Waals surface area contributed by atoms with E-state index in [1.54, 1.807) is 0 Å². The Bertz CT molecular complexity index is 2070. The van der Waals surface area contributed by atoms with E-state index in [1.807, 2.05) is 36.4 Å². The van der Waals surface area contributed by atoms with Crippen molar-refractivity contribution in [2.24, 2.45) is 0 Å². The van der Waals surface area contributed by atoms with Gasteiger partial charge in [-0.05, 0) is 0 Å². The summed E-state index contributed by atoms with van der Waals surface area (Å²) in [7, 11) is 17.9. The Morgan fingerprint density at radius 1 is 0.500 bits per heavy atom. The molecule has 0 N–H and O–H groups in total. The van der Waals surface area contributed by atoms with Crippen LogP contribution in [0.5, 0.6) is 0 Å². The van der Waals surface area contributed by atoms with Gasteiger partial charge in [0.05, 0.1) is 0 Å².